The number of aliphatic imine (C=N–C) groups is 1. The Balaban J connectivity index is 1.47. The summed E-state index contributed by atoms with van der Waals surface area (Å²) in [7, 11) is 0. The van der Waals surface area contributed by atoms with Crippen LogP contribution in [0.2, 0.25) is 0 Å². The zero-order chi connectivity index (χ0) is 15.8. The molecule has 0 saturated carbocycles. The Hall–Kier alpha value is -2.69. The van der Waals surface area contributed by atoms with Crippen LogP contribution in [0.4, 0.5) is 0 Å². The monoisotopic (exact) mass is 308 g/mol. The molecule has 0 amide bonds. The van der Waals surface area contributed by atoms with E-state index in [1.54, 1.807) is 0 Å². The van der Waals surface area contributed by atoms with E-state index in [4.69, 9.17) is 4.42 Å². The van der Waals surface area contributed by atoms with E-state index in [2.05, 4.69) is 51.8 Å². The molecule has 0 spiro atoms. The molecule has 0 bridgehead atoms. The molecule has 0 fully saturated rings. The van der Waals surface area contributed by atoms with Crippen molar-refractivity contribution < 1.29 is 4.42 Å². The van der Waals surface area contributed by atoms with Gasteiger partial charge in [-0.25, -0.2) is 0 Å². The van der Waals surface area contributed by atoms with E-state index >= 15 is 0 Å². The smallest absolute Gasteiger partial charge is 0.192 e. The summed E-state index contributed by atoms with van der Waals surface area (Å²) in [4.78, 5) is 7.88. The molecule has 0 radical (unpaired) electrons. The average Bonchev–Trinajstić information content (AvgIpc) is 3.26. The maximum atomic E-state index is 5.68. The third-order valence-electron chi connectivity index (χ3n) is 4.29. The predicted octanol–water partition coefficient (Wildman–Crippen LogP) is 3.42. The number of hydrogen-bond donors (Lipinski definition) is 3. The highest BCUT2D eigenvalue weighted by molar-refractivity contribution is 5.85. The highest BCUT2D eigenvalue weighted by atomic mass is 16.3. The van der Waals surface area contributed by atoms with Gasteiger partial charge in [0, 0.05) is 6.20 Å². The molecule has 1 aromatic carbocycles. The molecule has 3 N–H and O–H groups in total. The van der Waals surface area contributed by atoms with Gasteiger partial charge in [0.1, 0.15) is 17.6 Å². The van der Waals surface area contributed by atoms with Crippen LogP contribution < -0.4 is 10.6 Å². The summed E-state index contributed by atoms with van der Waals surface area (Å²) in [6.45, 7) is 4.79. The van der Waals surface area contributed by atoms with Crippen molar-refractivity contribution in [2.24, 2.45) is 4.99 Å². The van der Waals surface area contributed by atoms with Crippen LogP contribution in [-0.2, 0) is 0 Å². The van der Waals surface area contributed by atoms with Gasteiger partial charge < -0.3 is 20.0 Å². The fourth-order valence-electron chi connectivity index (χ4n) is 3.08. The van der Waals surface area contributed by atoms with Crippen LogP contribution in [0.1, 0.15) is 36.1 Å². The number of nitrogens with zero attached hydrogens (tertiary/aromatic N) is 1. The first kappa shape index (κ1) is 13.9. The number of H-pyrrole nitrogens is 1. The molecular formula is C18H20N4O. The van der Waals surface area contributed by atoms with Crippen LogP contribution in [-0.4, -0.2) is 17.5 Å². The summed E-state index contributed by atoms with van der Waals surface area (Å²) in [6, 6.07) is 12.7. The molecule has 5 nitrogen and oxygen atoms in total. The number of nitrogens with one attached hydrogen (secondary N) is 3. The van der Waals surface area contributed by atoms with E-state index in [9.17, 15) is 0 Å². The van der Waals surface area contributed by atoms with Crippen LogP contribution in [0, 0.1) is 6.92 Å². The van der Waals surface area contributed by atoms with Crippen molar-refractivity contribution in [3.05, 3.63) is 59.7 Å². The summed E-state index contributed by atoms with van der Waals surface area (Å²) in [5, 5.41) is 8.08. The number of aromatic nitrogens is 1. The first-order valence-corrected chi connectivity index (χ1v) is 7.90. The zero-order valence-corrected chi connectivity index (χ0v) is 13.3. The number of furan rings is 1. The van der Waals surface area contributed by atoms with Gasteiger partial charge >= 0.3 is 0 Å². The second kappa shape index (κ2) is 5.50. The lowest BCUT2D eigenvalue weighted by Gasteiger charge is -2.17. The molecule has 2 aromatic heterocycles. The Morgan fingerprint density at radius 1 is 1.26 bits per heavy atom. The molecule has 1 aliphatic rings. The average molecular weight is 308 g/mol. The first-order valence-electron chi connectivity index (χ1n) is 7.90. The number of aryl methyl sites for hydroxylation is 1. The zero-order valence-electron chi connectivity index (χ0n) is 13.3. The van der Waals surface area contributed by atoms with Crippen molar-refractivity contribution in [1.29, 1.82) is 0 Å². The molecule has 3 heterocycles. The maximum absolute atomic E-state index is 5.68. The van der Waals surface area contributed by atoms with Crippen molar-refractivity contribution in [1.82, 2.24) is 15.6 Å². The molecule has 0 aliphatic carbocycles. The lowest BCUT2D eigenvalue weighted by molar-refractivity contribution is 0.441. The van der Waals surface area contributed by atoms with Crippen molar-refractivity contribution >= 4 is 16.9 Å². The number of aromatic amines is 1. The Kier molecular flexibility index (Phi) is 3.33. The van der Waals surface area contributed by atoms with Gasteiger partial charge in [-0.05, 0) is 43.0 Å². The Bertz CT molecular complexity index is 861. The highest BCUT2D eigenvalue weighted by Gasteiger charge is 2.23. The molecule has 2 unspecified atom stereocenters. The molecule has 2 atom stereocenters. The van der Waals surface area contributed by atoms with Gasteiger partial charge in [-0.15, -0.1) is 0 Å². The summed E-state index contributed by atoms with van der Waals surface area (Å²) in [6.07, 6.45) is 1.97. The molecule has 118 valence electrons. The van der Waals surface area contributed by atoms with Gasteiger partial charge in [-0.2, -0.15) is 0 Å². The molecule has 5 heteroatoms. The minimum atomic E-state index is 0.111. The van der Waals surface area contributed by atoms with Crippen LogP contribution in [0.5, 0.6) is 0 Å². The van der Waals surface area contributed by atoms with Gasteiger partial charge in [0.25, 0.3) is 0 Å². The van der Waals surface area contributed by atoms with Gasteiger partial charge in [-0.3, -0.25) is 4.99 Å². The van der Waals surface area contributed by atoms with Crippen LogP contribution in [0.3, 0.4) is 0 Å². The summed E-state index contributed by atoms with van der Waals surface area (Å²) in [5.41, 5.74) is 2.40. The number of fused-ring (bicyclic) bond motifs is 1. The third kappa shape index (κ3) is 2.59. The topological polar surface area (TPSA) is 65.3 Å². The Labute approximate surface area is 134 Å². The van der Waals surface area contributed by atoms with Crippen molar-refractivity contribution in [3.8, 4) is 0 Å². The van der Waals surface area contributed by atoms with E-state index in [0.29, 0.717) is 6.54 Å². The second-order valence-electron chi connectivity index (χ2n) is 5.99. The van der Waals surface area contributed by atoms with Crippen molar-refractivity contribution in [3.63, 3.8) is 0 Å². The van der Waals surface area contributed by atoms with Crippen LogP contribution in [0.25, 0.3) is 10.9 Å². The molecular weight excluding hydrogens is 288 g/mol. The number of guanidine groups is 1. The summed E-state index contributed by atoms with van der Waals surface area (Å²) >= 11 is 0. The lowest BCUT2D eigenvalue weighted by Crippen LogP contribution is -2.36. The molecule has 0 saturated heterocycles. The van der Waals surface area contributed by atoms with Gasteiger partial charge in [0.2, 0.25) is 0 Å². The fourth-order valence-corrected chi connectivity index (χ4v) is 3.08. The van der Waals surface area contributed by atoms with Gasteiger partial charge in [0.05, 0.1) is 18.1 Å². The van der Waals surface area contributed by atoms with Crippen LogP contribution in [0.15, 0.2) is 52.0 Å². The Morgan fingerprint density at radius 3 is 3.00 bits per heavy atom. The normalized spacial score (nSPS) is 18.7. The molecule has 23 heavy (non-hydrogen) atoms. The second-order valence-corrected chi connectivity index (χ2v) is 5.99. The maximum Gasteiger partial charge on any atom is 0.192 e. The minimum Gasteiger partial charge on any atom is -0.464 e. The largest absolute Gasteiger partial charge is 0.464 e. The molecule has 1 aliphatic heterocycles. The first-order chi connectivity index (χ1) is 11.2. The third-order valence-corrected chi connectivity index (χ3v) is 4.29. The standard InChI is InChI=1S/C18H20N4O/c1-11-6-7-16(23-11)15-10-20-18(22-15)21-12(2)14-5-3-4-13-8-9-19-17(13)14/h3-9,12,15,19H,10H2,1-2H3,(H2,20,21,22). The summed E-state index contributed by atoms with van der Waals surface area (Å²) < 4.78 is 5.68. The number of rotatable bonds is 3. The van der Waals surface area contributed by atoms with E-state index < -0.39 is 0 Å². The molecule has 4 rings (SSSR count). The quantitative estimate of drug-likeness (QED) is 0.694. The Morgan fingerprint density at radius 2 is 2.17 bits per heavy atom. The summed E-state index contributed by atoms with van der Waals surface area (Å²) in [5.74, 6) is 2.68. The fraction of sp³-hybridized carbons (Fsp3) is 0.278. The van der Waals surface area contributed by atoms with E-state index in [-0.39, 0.29) is 12.1 Å². The minimum absolute atomic E-state index is 0.111. The number of hydrogen-bond acceptors (Lipinski definition) is 4. The SMILES string of the molecule is Cc1ccc(C2CN=C(NC(C)c3cccc4cc[nH]c34)N2)o1. The van der Waals surface area contributed by atoms with E-state index in [1.807, 2.05) is 25.3 Å². The number of benzene rings is 1. The predicted molar refractivity (Wildman–Crippen MR) is 91.5 cm³/mol. The van der Waals surface area contributed by atoms with E-state index in [1.165, 1.54) is 16.5 Å². The van der Waals surface area contributed by atoms with Crippen LogP contribution >= 0.6 is 0 Å². The van der Waals surface area contributed by atoms with E-state index in [0.717, 1.165) is 17.5 Å². The number of para-hydroxylation sites is 1. The molecule has 3 aromatic rings. The lowest BCUT2D eigenvalue weighted by atomic mass is 10.1. The van der Waals surface area contributed by atoms with Crippen molar-refractivity contribution in [2.45, 2.75) is 25.9 Å². The van der Waals surface area contributed by atoms with Gasteiger partial charge in [-0.1, -0.05) is 18.2 Å². The highest BCUT2D eigenvalue weighted by Crippen LogP contribution is 2.24. The van der Waals surface area contributed by atoms with Gasteiger partial charge in [0.15, 0.2) is 5.96 Å². The van der Waals surface area contributed by atoms with Crippen molar-refractivity contribution in [2.75, 3.05) is 6.54 Å².